The standard InChI is InChI=1S/C27H26N4O2S/c1-5-20-7-9-21(10-8-20)19(4)29-30-27-28-25(24-15-6-17(2)16-18(24)3)26(34-27)22-11-13-23(14-12-22)31(32)33/h6-16H,5H2,1-4H3,(H,28,30)/b29-19-. The van der Waals surface area contributed by atoms with Crippen LogP contribution in [0.1, 0.15) is 36.1 Å². The molecule has 34 heavy (non-hydrogen) atoms. The number of anilines is 1. The maximum atomic E-state index is 11.1. The summed E-state index contributed by atoms with van der Waals surface area (Å²) >= 11 is 1.48. The van der Waals surface area contributed by atoms with Crippen LogP contribution in [0.15, 0.2) is 71.8 Å². The molecule has 7 heteroatoms. The fraction of sp³-hybridized carbons (Fsp3) is 0.185. The Morgan fingerprint density at radius 1 is 1.06 bits per heavy atom. The topological polar surface area (TPSA) is 80.4 Å². The number of nitro benzene ring substituents is 1. The Morgan fingerprint density at radius 2 is 1.76 bits per heavy atom. The van der Waals surface area contributed by atoms with Crippen LogP contribution in [-0.2, 0) is 6.42 Å². The second kappa shape index (κ2) is 9.97. The molecule has 0 spiro atoms. The molecule has 0 bridgehead atoms. The molecule has 3 aromatic carbocycles. The second-order valence-corrected chi connectivity index (χ2v) is 9.18. The van der Waals surface area contributed by atoms with Crippen molar-refractivity contribution in [2.75, 3.05) is 5.43 Å². The third kappa shape index (κ3) is 5.05. The van der Waals surface area contributed by atoms with Crippen LogP contribution in [0.2, 0.25) is 0 Å². The highest BCUT2D eigenvalue weighted by atomic mass is 32.1. The van der Waals surface area contributed by atoms with Crippen molar-refractivity contribution in [1.82, 2.24) is 4.98 Å². The molecular weight excluding hydrogens is 444 g/mol. The van der Waals surface area contributed by atoms with Gasteiger partial charge < -0.3 is 0 Å². The zero-order valence-corrected chi connectivity index (χ0v) is 20.4. The van der Waals surface area contributed by atoms with E-state index < -0.39 is 0 Å². The predicted molar refractivity (Wildman–Crippen MR) is 141 cm³/mol. The zero-order valence-electron chi connectivity index (χ0n) is 19.6. The number of nitro groups is 1. The molecule has 0 saturated carbocycles. The molecule has 0 atom stereocenters. The Bertz CT molecular complexity index is 1360. The number of hydrogen-bond donors (Lipinski definition) is 1. The van der Waals surface area contributed by atoms with E-state index in [0.717, 1.165) is 45.0 Å². The van der Waals surface area contributed by atoms with Gasteiger partial charge in [0.1, 0.15) is 0 Å². The molecule has 0 aliphatic heterocycles. The van der Waals surface area contributed by atoms with Crippen LogP contribution in [0.4, 0.5) is 10.8 Å². The monoisotopic (exact) mass is 470 g/mol. The van der Waals surface area contributed by atoms with Gasteiger partial charge in [-0.3, -0.25) is 15.5 Å². The molecule has 0 amide bonds. The largest absolute Gasteiger partial charge is 0.269 e. The van der Waals surface area contributed by atoms with Crippen LogP contribution < -0.4 is 5.43 Å². The zero-order chi connectivity index (χ0) is 24.2. The molecule has 1 aromatic heterocycles. The van der Waals surface area contributed by atoms with E-state index in [4.69, 9.17) is 4.98 Å². The first-order valence-corrected chi connectivity index (χ1v) is 11.9. The van der Waals surface area contributed by atoms with E-state index in [9.17, 15) is 10.1 Å². The molecule has 1 N–H and O–H groups in total. The van der Waals surface area contributed by atoms with Crippen LogP contribution >= 0.6 is 11.3 Å². The fourth-order valence-corrected chi connectivity index (χ4v) is 4.67. The number of hydrazone groups is 1. The van der Waals surface area contributed by atoms with E-state index in [2.05, 4.69) is 73.8 Å². The van der Waals surface area contributed by atoms with Gasteiger partial charge in [-0.1, -0.05) is 66.3 Å². The van der Waals surface area contributed by atoms with Crippen LogP contribution in [0.3, 0.4) is 0 Å². The summed E-state index contributed by atoms with van der Waals surface area (Å²) in [7, 11) is 0. The van der Waals surface area contributed by atoms with Crippen molar-refractivity contribution in [1.29, 1.82) is 0 Å². The lowest BCUT2D eigenvalue weighted by atomic mass is 10.0. The Morgan fingerprint density at radius 3 is 2.38 bits per heavy atom. The van der Waals surface area contributed by atoms with E-state index >= 15 is 0 Å². The summed E-state index contributed by atoms with van der Waals surface area (Å²) in [6, 6.07) is 21.2. The maximum Gasteiger partial charge on any atom is 0.269 e. The number of non-ortho nitro benzene ring substituents is 1. The quantitative estimate of drug-likeness (QED) is 0.173. The molecule has 6 nitrogen and oxygen atoms in total. The van der Waals surface area contributed by atoms with E-state index in [1.807, 2.05) is 6.92 Å². The van der Waals surface area contributed by atoms with Gasteiger partial charge in [0.2, 0.25) is 5.13 Å². The number of nitrogens with zero attached hydrogens (tertiary/aromatic N) is 3. The average Bonchev–Trinajstić information content (AvgIpc) is 3.26. The van der Waals surface area contributed by atoms with Crippen LogP contribution in [0.5, 0.6) is 0 Å². The summed E-state index contributed by atoms with van der Waals surface area (Å²) in [5, 5.41) is 16.3. The van der Waals surface area contributed by atoms with Gasteiger partial charge in [-0.25, -0.2) is 4.98 Å². The van der Waals surface area contributed by atoms with Crippen LogP contribution in [0.25, 0.3) is 21.7 Å². The number of thiazole rings is 1. The van der Waals surface area contributed by atoms with Gasteiger partial charge in [-0.15, -0.1) is 0 Å². The molecule has 0 aliphatic rings. The number of aryl methyl sites for hydroxylation is 3. The summed E-state index contributed by atoms with van der Waals surface area (Å²) < 4.78 is 0. The minimum absolute atomic E-state index is 0.0639. The molecule has 0 fully saturated rings. The molecule has 172 valence electrons. The van der Waals surface area contributed by atoms with Gasteiger partial charge in [0.05, 0.1) is 21.2 Å². The lowest BCUT2D eigenvalue weighted by Crippen LogP contribution is -1.99. The average molecular weight is 471 g/mol. The van der Waals surface area contributed by atoms with E-state index in [1.165, 1.54) is 34.6 Å². The van der Waals surface area contributed by atoms with Gasteiger partial charge in [-0.2, -0.15) is 5.10 Å². The number of hydrogen-bond acceptors (Lipinski definition) is 6. The van der Waals surface area contributed by atoms with E-state index in [-0.39, 0.29) is 10.6 Å². The highest BCUT2D eigenvalue weighted by Crippen LogP contribution is 2.40. The number of aromatic nitrogens is 1. The van der Waals surface area contributed by atoms with Crippen molar-refractivity contribution < 1.29 is 4.92 Å². The highest BCUT2D eigenvalue weighted by Gasteiger charge is 2.18. The van der Waals surface area contributed by atoms with Gasteiger partial charge in [0.15, 0.2) is 0 Å². The minimum Gasteiger partial charge on any atom is -0.258 e. The van der Waals surface area contributed by atoms with Crippen molar-refractivity contribution in [3.8, 4) is 21.7 Å². The molecule has 4 aromatic rings. The fourth-order valence-electron chi connectivity index (χ4n) is 3.74. The summed E-state index contributed by atoms with van der Waals surface area (Å²) in [4.78, 5) is 16.5. The molecule has 0 saturated heterocycles. The van der Waals surface area contributed by atoms with Gasteiger partial charge in [0.25, 0.3) is 5.69 Å². The molecule has 1 heterocycles. The maximum absolute atomic E-state index is 11.1. The first-order valence-electron chi connectivity index (χ1n) is 11.1. The van der Waals surface area contributed by atoms with Crippen molar-refractivity contribution in [3.63, 3.8) is 0 Å². The number of nitrogens with one attached hydrogen (secondary N) is 1. The van der Waals surface area contributed by atoms with E-state index in [1.54, 1.807) is 12.1 Å². The number of benzene rings is 3. The lowest BCUT2D eigenvalue weighted by Gasteiger charge is -2.07. The van der Waals surface area contributed by atoms with Crippen LogP contribution in [-0.4, -0.2) is 15.6 Å². The van der Waals surface area contributed by atoms with Gasteiger partial charge in [0, 0.05) is 17.7 Å². The summed E-state index contributed by atoms with van der Waals surface area (Å²) in [6.07, 6.45) is 1.00. The Kier molecular flexibility index (Phi) is 6.84. The van der Waals surface area contributed by atoms with Crippen molar-refractivity contribution in [2.24, 2.45) is 5.10 Å². The SMILES string of the molecule is CCc1ccc(/C(C)=N\Nc2nc(-c3ccc(C)cc3C)c(-c3ccc([N+](=O)[O-])cc3)s2)cc1. The Balaban J connectivity index is 1.71. The second-order valence-electron chi connectivity index (χ2n) is 8.18. The molecular formula is C27H26N4O2S. The van der Waals surface area contributed by atoms with Crippen LogP contribution in [0, 0.1) is 24.0 Å². The van der Waals surface area contributed by atoms with Crippen molar-refractivity contribution in [2.45, 2.75) is 34.1 Å². The third-order valence-electron chi connectivity index (χ3n) is 5.70. The van der Waals surface area contributed by atoms with Gasteiger partial charge in [-0.05, 0) is 61.6 Å². The summed E-state index contributed by atoms with van der Waals surface area (Å²) in [6.45, 7) is 8.23. The molecule has 0 unspecified atom stereocenters. The summed E-state index contributed by atoms with van der Waals surface area (Å²) in [5.74, 6) is 0. The molecule has 0 aliphatic carbocycles. The smallest absolute Gasteiger partial charge is 0.258 e. The van der Waals surface area contributed by atoms with Crippen molar-refractivity contribution >= 4 is 27.9 Å². The first kappa shape index (κ1) is 23.3. The third-order valence-corrected chi connectivity index (χ3v) is 6.71. The Labute approximate surface area is 203 Å². The molecule has 0 radical (unpaired) electrons. The lowest BCUT2D eigenvalue weighted by molar-refractivity contribution is -0.384. The highest BCUT2D eigenvalue weighted by molar-refractivity contribution is 7.19. The van der Waals surface area contributed by atoms with Gasteiger partial charge >= 0.3 is 0 Å². The summed E-state index contributed by atoms with van der Waals surface area (Å²) in [5.41, 5.74) is 11.4. The normalized spacial score (nSPS) is 11.5. The first-order chi connectivity index (χ1) is 16.4. The van der Waals surface area contributed by atoms with Crippen molar-refractivity contribution in [3.05, 3.63) is 99.1 Å². The minimum atomic E-state index is -0.390. The molecule has 4 rings (SSSR count). The predicted octanol–water partition coefficient (Wildman–Crippen LogP) is 7.40. The Hall–Kier alpha value is -3.84. The number of rotatable bonds is 7. The van der Waals surface area contributed by atoms with E-state index in [0.29, 0.717) is 5.13 Å².